The summed E-state index contributed by atoms with van der Waals surface area (Å²) in [5, 5.41) is 1.10. The van der Waals surface area contributed by atoms with E-state index in [9.17, 15) is 9.59 Å². The maximum atomic E-state index is 11.5. The molecule has 0 atom stereocenters. The van der Waals surface area contributed by atoms with Gasteiger partial charge in [-0.2, -0.15) is 0 Å². The third-order valence-electron chi connectivity index (χ3n) is 2.57. The van der Waals surface area contributed by atoms with E-state index in [1.807, 2.05) is 0 Å². The van der Waals surface area contributed by atoms with Crippen molar-refractivity contribution in [3.05, 3.63) is 58.6 Å². The zero-order valence-corrected chi connectivity index (χ0v) is 13.3. The quantitative estimate of drug-likeness (QED) is 0.421. The molecule has 0 aromatic heterocycles. The number of esters is 2. The summed E-state index contributed by atoms with van der Waals surface area (Å²) in [6.07, 6.45) is 0. The second kappa shape index (κ2) is 13.0. The molecule has 0 unspecified atom stereocenters. The molecule has 0 aliphatic rings. The van der Waals surface area contributed by atoms with Crippen LogP contribution in [0.3, 0.4) is 0 Å². The molecule has 2 aromatic carbocycles. The van der Waals surface area contributed by atoms with Gasteiger partial charge in [-0.15, -0.1) is 0 Å². The molecule has 2 aromatic rings. The molecule has 0 radical (unpaired) electrons. The molecule has 0 N–H and O–H groups in total. The van der Waals surface area contributed by atoms with E-state index in [-0.39, 0.29) is 59.1 Å². The molecular formula is C16H14Cl2Na2O5. The van der Waals surface area contributed by atoms with E-state index in [0.717, 1.165) is 0 Å². The van der Waals surface area contributed by atoms with Gasteiger partial charge in [0.15, 0.2) is 13.2 Å². The molecule has 0 bridgehead atoms. The fraction of sp³-hybridized carbons (Fsp3) is 0.125. The Bertz CT molecular complexity index is 618. The monoisotopic (exact) mass is 402 g/mol. The van der Waals surface area contributed by atoms with Gasteiger partial charge >= 0.3 is 71.1 Å². The second-order valence-electron chi connectivity index (χ2n) is 4.33. The standard InChI is InChI=1S/C16H12Cl2O5.2Na.2H/c17-11-1-5-13(6-2-11)21-9-15(19)23-16(20)10-22-14-7-3-12(18)4-8-14;;;;/h1-8H,9-10H2;;;;. The van der Waals surface area contributed by atoms with Crippen LogP contribution in [-0.2, 0) is 14.3 Å². The number of hydrogen-bond acceptors (Lipinski definition) is 5. The molecular weight excluding hydrogens is 389 g/mol. The molecule has 5 nitrogen and oxygen atoms in total. The van der Waals surface area contributed by atoms with Crippen molar-refractivity contribution in [1.29, 1.82) is 0 Å². The van der Waals surface area contributed by atoms with Crippen LogP contribution >= 0.6 is 23.2 Å². The zero-order valence-electron chi connectivity index (χ0n) is 11.8. The van der Waals surface area contributed by atoms with E-state index in [0.29, 0.717) is 21.5 Å². The molecule has 124 valence electrons. The summed E-state index contributed by atoms with van der Waals surface area (Å²) in [6, 6.07) is 12.9. The van der Waals surface area contributed by atoms with Crippen molar-refractivity contribution in [3.8, 4) is 11.5 Å². The van der Waals surface area contributed by atoms with E-state index < -0.39 is 25.2 Å². The van der Waals surface area contributed by atoms with Gasteiger partial charge in [0.2, 0.25) is 0 Å². The van der Waals surface area contributed by atoms with Gasteiger partial charge in [-0.3, -0.25) is 0 Å². The maximum absolute atomic E-state index is 11.5. The number of ether oxygens (including phenoxy) is 3. The van der Waals surface area contributed by atoms with E-state index in [1.165, 1.54) is 0 Å². The van der Waals surface area contributed by atoms with Crippen molar-refractivity contribution < 1.29 is 23.8 Å². The summed E-state index contributed by atoms with van der Waals surface area (Å²) in [6.45, 7) is -0.789. The Labute approximate surface area is 199 Å². The van der Waals surface area contributed by atoms with E-state index in [4.69, 9.17) is 32.7 Å². The zero-order chi connectivity index (χ0) is 16.7. The summed E-state index contributed by atoms with van der Waals surface area (Å²) in [5.41, 5.74) is 0. The average molecular weight is 403 g/mol. The van der Waals surface area contributed by atoms with Crippen molar-refractivity contribution in [2.24, 2.45) is 0 Å². The van der Waals surface area contributed by atoms with Gasteiger partial charge in [0, 0.05) is 10.0 Å². The molecule has 0 heterocycles. The van der Waals surface area contributed by atoms with Crippen molar-refractivity contribution in [3.63, 3.8) is 0 Å². The molecule has 2 rings (SSSR count). The molecule has 25 heavy (non-hydrogen) atoms. The predicted octanol–water partition coefficient (Wildman–Crippen LogP) is 2.22. The first-order valence-electron chi connectivity index (χ1n) is 6.53. The number of benzene rings is 2. The van der Waals surface area contributed by atoms with Gasteiger partial charge in [-0.25, -0.2) is 9.59 Å². The van der Waals surface area contributed by atoms with Crippen molar-refractivity contribution in [2.75, 3.05) is 13.2 Å². The summed E-state index contributed by atoms with van der Waals surface area (Å²) < 4.78 is 14.9. The Kier molecular flexibility index (Phi) is 12.9. The van der Waals surface area contributed by atoms with Crippen LogP contribution in [-0.4, -0.2) is 84.3 Å². The van der Waals surface area contributed by atoms with Crippen LogP contribution in [0, 0.1) is 0 Å². The Hall–Kier alpha value is -0.240. The van der Waals surface area contributed by atoms with Crippen LogP contribution in [0.15, 0.2) is 48.5 Å². The Morgan fingerprint density at radius 2 is 1.00 bits per heavy atom. The summed E-state index contributed by atoms with van der Waals surface area (Å²) in [7, 11) is 0. The summed E-state index contributed by atoms with van der Waals surface area (Å²) >= 11 is 11.4. The molecule has 0 saturated heterocycles. The van der Waals surface area contributed by atoms with Crippen LogP contribution in [0.1, 0.15) is 0 Å². The first-order valence-corrected chi connectivity index (χ1v) is 7.29. The Morgan fingerprint density at radius 3 is 1.32 bits per heavy atom. The summed E-state index contributed by atoms with van der Waals surface area (Å²) in [5.74, 6) is -0.748. The third kappa shape index (κ3) is 9.87. The van der Waals surface area contributed by atoms with Crippen LogP contribution in [0.5, 0.6) is 11.5 Å². The number of rotatable bonds is 6. The van der Waals surface area contributed by atoms with Crippen LogP contribution < -0.4 is 9.47 Å². The first-order chi connectivity index (χ1) is 11.0. The van der Waals surface area contributed by atoms with Gasteiger partial charge in [0.25, 0.3) is 0 Å². The number of hydrogen-bond donors (Lipinski definition) is 0. The molecule has 0 spiro atoms. The topological polar surface area (TPSA) is 61.8 Å². The van der Waals surface area contributed by atoms with Gasteiger partial charge in [-0.05, 0) is 48.5 Å². The SMILES string of the molecule is O=C(COc1ccc(Cl)cc1)OC(=O)COc1ccc(Cl)cc1.[NaH].[NaH]. The third-order valence-corrected chi connectivity index (χ3v) is 3.07. The Balaban J connectivity index is 0.00000288. The minimum atomic E-state index is -0.815. The number of halogens is 2. The molecule has 0 aliphatic carbocycles. The first kappa shape index (κ1) is 24.8. The van der Waals surface area contributed by atoms with E-state index in [2.05, 4.69) is 4.74 Å². The van der Waals surface area contributed by atoms with Gasteiger partial charge in [0.05, 0.1) is 0 Å². The molecule has 0 aliphatic heterocycles. The normalized spacial score (nSPS) is 9.20. The molecule has 0 fully saturated rings. The fourth-order valence-corrected chi connectivity index (χ4v) is 1.78. The second-order valence-corrected chi connectivity index (χ2v) is 5.20. The number of carbonyl (C=O) groups is 2. The van der Waals surface area contributed by atoms with Crippen molar-refractivity contribution in [1.82, 2.24) is 0 Å². The fourth-order valence-electron chi connectivity index (χ4n) is 1.53. The number of carbonyl (C=O) groups excluding carboxylic acids is 2. The average Bonchev–Trinajstić information content (AvgIpc) is 2.54. The van der Waals surface area contributed by atoms with Crippen LogP contribution in [0.2, 0.25) is 10.0 Å². The van der Waals surface area contributed by atoms with E-state index in [1.54, 1.807) is 48.5 Å². The minimum absolute atomic E-state index is 0. The van der Waals surface area contributed by atoms with E-state index >= 15 is 0 Å². The summed E-state index contributed by atoms with van der Waals surface area (Å²) in [4.78, 5) is 23.0. The molecule has 0 saturated carbocycles. The van der Waals surface area contributed by atoms with Gasteiger partial charge < -0.3 is 14.2 Å². The molecule has 0 amide bonds. The van der Waals surface area contributed by atoms with Gasteiger partial charge in [0.1, 0.15) is 11.5 Å². The predicted molar refractivity (Wildman–Crippen MR) is 99.3 cm³/mol. The Morgan fingerprint density at radius 1 is 0.680 bits per heavy atom. The van der Waals surface area contributed by atoms with Crippen molar-refractivity contribution in [2.45, 2.75) is 0 Å². The van der Waals surface area contributed by atoms with Crippen LogP contribution in [0.25, 0.3) is 0 Å². The molecule has 9 heteroatoms. The van der Waals surface area contributed by atoms with Crippen LogP contribution in [0.4, 0.5) is 0 Å². The van der Waals surface area contributed by atoms with Gasteiger partial charge in [-0.1, -0.05) is 23.2 Å². The van der Waals surface area contributed by atoms with Crippen molar-refractivity contribution >= 4 is 94.3 Å².